The Labute approximate surface area is 126 Å². The number of amides is 1. The van der Waals surface area contributed by atoms with Gasteiger partial charge in [0.05, 0.1) is 13.2 Å². The smallest absolute Gasteiger partial charge is 0.270 e. The zero-order chi connectivity index (χ0) is 14.9. The molecule has 0 radical (unpaired) electrons. The van der Waals surface area contributed by atoms with Crippen molar-refractivity contribution in [2.75, 3.05) is 46.4 Å². The first-order chi connectivity index (χ1) is 10.1. The van der Waals surface area contributed by atoms with Gasteiger partial charge >= 0.3 is 0 Å². The fraction of sp³-hybridized carbons (Fsp3) is 0.688. The number of aromatic nitrogens is 1. The molecule has 1 spiro atoms. The molecule has 2 aliphatic rings. The molecule has 116 valence electrons. The van der Waals surface area contributed by atoms with Crippen molar-refractivity contribution in [2.45, 2.75) is 12.8 Å². The molecule has 1 unspecified atom stereocenters. The van der Waals surface area contributed by atoms with Crippen molar-refractivity contribution < 1.29 is 9.53 Å². The van der Waals surface area contributed by atoms with Crippen molar-refractivity contribution >= 4 is 5.91 Å². The zero-order valence-electron chi connectivity index (χ0n) is 13.0. The van der Waals surface area contributed by atoms with Gasteiger partial charge in [0, 0.05) is 44.8 Å². The Morgan fingerprint density at radius 2 is 2.14 bits per heavy atom. The molecule has 3 rings (SSSR count). The molecule has 5 heteroatoms. The number of carbonyl (C=O) groups is 1. The maximum atomic E-state index is 12.7. The summed E-state index contributed by atoms with van der Waals surface area (Å²) in [6.45, 7) is 5.23. The molecule has 2 aliphatic heterocycles. The third kappa shape index (κ3) is 2.99. The second-order valence-corrected chi connectivity index (χ2v) is 6.62. The van der Waals surface area contributed by atoms with E-state index in [0.29, 0.717) is 0 Å². The number of aryl methyl sites for hydroxylation is 1. The summed E-state index contributed by atoms with van der Waals surface area (Å²) in [5.74, 6) is 0.147. The number of hydrogen-bond donors (Lipinski definition) is 0. The van der Waals surface area contributed by atoms with Crippen LogP contribution in [-0.4, -0.2) is 66.7 Å². The minimum atomic E-state index is 0.102. The monoisotopic (exact) mass is 291 g/mol. The molecule has 0 saturated carbocycles. The van der Waals surface area contributed by atoms with E-state index in [1.807, 2.05) is 34.8 Å². The van der Waals surface area contributed by atoms with Gasteiger partial charge in [0.1, 0.15) is 5.69 Å². The van der Waals surface area contributed by atoms with Crippen LogP contribution in [0.5, 0.6) is 0 Å². The Hall–Kier alpha value is -1.33. The van der Waals surface area contributed by atoms with Gasteiger partial charge in [-0.25, -0.2) is 0 Å². The zero-order valence-corrected chi connectivity index (χ0v) is 13.0. The molecule has 2 saturated heterocycles. The van der Waals surface area contributed by atoms with Crippen LogP contribution in [0.2, 0.25) is 0 Å². The summed E-state index contributed by atoms with van der Waals surface area (Å²) in [6.07, 6.45) is 4.14. The molecule has 1 aromatic rings. The van der Waals surface area contributed by atoms with E-state index < -0.39 is 0 Å². The average molecular weight is 291 g/mol. The molecule has 2 fully saturated rings. The van der Waals surface area contributed by atoms with E-state index in [4.69, 9.17) is 4.74 Å². The standard InChI is InChI=1S/C16H25N3O2/c1-17-9-10-21-13-16(11-17)6-4-8-19(12-16)15(20)14-5-3-7-18(14)2/h3,5,7H,4,6,8-13H2,1-2H3. The number of hydrogen-bond acceptors (Lipinski definition) is 3. The van der Waals surface area contributed by atoms with Gasteiger partial charge in [-0.05, 0) is 32.0 Å². The average Bonchev–Trinajstić information content (AvgIpc) is 2.81. The Bertz CT molecular complexity index is 513. The van der Waals surface area contributed by atoms with Crippen molar-refractivity contribution in [3.8, 4) is 0 Å². The summed E-state index contributed by atoms with van der Waals surface area (Å²) >= 11 is 0. The molecule has 0 bridgehead atoms. The van der Waals surface area contributed by atoms with Crippen molar-refractivity contribution in [3.63, 3.8) is 0 Å². The predicted octanol–water partition coefficient (Wildman–Crippen LogP) is 1.21. The van der Waals surface area contributed by atoms with Crippen LogP contribution in [0.3, 0.4) is 0 Å². The van der Waals surface area contributed by atoms with E-state index >= 15 is 0 Å². The first kappa shape index (κ1) is 14.6. The SMILES string of the molecule is CN1CCOCC2(CCCN(C(=O)c3cccn3C)C2)C1. The lowest BCUT2D eigenvalue weighted by Gasteiger charge is -2.43. The molecule has 21 heavy (non-hydrogen) atoms. The maximum Gasteiger partial charge on any atom is 0.270 e. The topological polar surface area (TPSA) is 37.7 Å². The summed E-state index contributed by atoms with van der Waals surface area (Å²) in [6, 6.07) is 3.83. The lowest BCUT2D eigenvalue weighted by Crippen LogP contribution is -2.51. The van der Waals surface area contributed by atoms with Crippen molar-refractivity contribution in [1.29, 1.82) is 0 Å². The molecule has 3 heterocycles. The highest BCUT2D eigenvalue weighted by Gasteiger charge is 2.39. The minimum Gasteiger partial charge on any atom is -0.379 e. The van der Waals surface area contributed by atoms with Gasteiger partial charge < -0.3 is 19.1 Å². The molecule has 1 amide bonds. The number of piperidine rings is 1. The van der Waals surface area contributed by atoms with Crippen molar-refractivity contribution in [1.82, 2.24) is 14.4 Å². The highest BCUT2D eigenvalue weighted by molar-refractivity contribution is 5.92. The highest BCUT2D eigenvalue weighted by atomic mass is 16.5. The summed E-state index contributed by atoms with van der Waals surface area (Å²) in [5, 5.41) is 0. The summed E-state index contributed by atoms with van der Waals surface area (Å²) in [7, 11) is 4.07. The molecule has 0 N–H and O–H groups in total. The van der Waals surface area contributed by atoms with E-state index in [2.05, 4.69) is 11.9 Å². The second-order valence-electron chi connectivity index (χ2n) is 6.62. The number of ether oxygens (including phenoxy) is 1. The quantitative estimate of drug-likeness (QED) is 0.780. The first-order valence-corrected chi connectivity index (χ1v) is 7.77. The first-order valence-electron chi connectivity index (χ1n) is 7.77. The van der Waals surface area contributed by atoms with E-state index in [-0.39, 0.29) is 11.3 Å². The van der Waals surface area contributed by atoms with Crippen LogP contribution in [0.1, 0.15) is 23.3 Å². The molecule has 5 nitrogen and oxygen atoms in total. The number of nitrogens with zero attached hydrogens (tertiary/aromatic N) is 3. The van der Waals surface area contributed by atoms with Gasteiger partial charge in [0.15, 0.2) is 0 Å². The predicted molar refractivity (Wildman–Crippen MR) is 81.3 cm³/mol. The van der Waals surface area contributed by atoms with E-state index in [0.717, 1.165) is 57.9 Å². The highest BCUT2D eigenvalue weighted by Crippen LogP contribution is 2.33. The van der Waals surface area contributed by atoms with E-state index in [9.17, 15) is 4.79 Å². The Kier molecular flexibility index (Phi) is 4.04. The largest absolute Gasteiger partial charge is 0.379 e. The van der Waals surface area contributed by atoms with Crippen molar-refractivity contribution in [2.24, 2.45) is 12.5 Å². The maximum absolute atomic E-state index is 12.7. The number of carbonyl (C=O) groups excluding carboxylic acids is 1. The number of likely N-dealkylation sites (N-methyl/N-ethyl adjacent to an activating group) is 1. The minimum absolute atomic E-state index is 0.102. The molecule has 1 atom stereocenters. The Morgan fingerprint density at radius 3 is 2.90 bits per heavy atom. The molecule has 0 aromatic carbocycles. The normalized spacial score (nSPS) is 27.8. The third-order valence-electron chi connectivity index (χ3n) is 4.74. The number of likely N-dealkylation sites (tertiary alicyclic amines) is 1. The van der Waals surface area contributed by atoms with Gasteiger partial charge in [0.2, 0.25) is 0 Å². The molecular formula is C16H25N3O2. The van der Waals surface area contributed by atoms with Crippen molar-refractivity contribution in [3.05, 3.63) is 24.0 Å². The Morgan fingerprint density at radius 1 is 1.29 bits per heavy atom. The summed E-state index contributed by atoms with van der Waals surface area (Å²) in [4.78, 5) is 17.1. The Balaban J connectivity index is 1.76. The van der Waals surface area contributed by atoms with Gasteiger partial charge in [-0.3, -0.25) is 4.79 Å². The summed E-state index contributed by atoms with van der Waals surface area (Å²) < 4.78 is 7.72. The lowest BCUT2D eigenvalue weighted by atomic mass is 9.80. The van der Waals surface area contributed by atoms with Crippen LogP contribution >= 0.6 is 0 Å². The van der Waals surface area contributed by atoms with Gasteiger partial charge in [0.25, 0.3) is 5.91 Å². The van der Waals surface area contributed by atoms with Gasteiger partial charge in [-0.15, -0.1) is 0 Å². The third-order valence-corrected chi connectivity index (χ3v) is 4.74. The number of rotatable bonds is 1. The molecule has 1 aromatic heterocycles. The fourth-order valence-corrected chi connectivity index (χ4v) is 3.68. The van der Waals surface area contributed by atoms with Gasteiger partial charge in [-0.1, -0.05) is 0 Å². The van der Waals surface area contributed by atoms with Crippen LogP contribution in [0, 0.1) is 5.41 Å². The molecule has 0 aliphatic carbocycles. The summed E-state index contributed by atoms with van der Waals surface area (Å²) in [5.41, 5.74) is 0.875. The fourth-order valence-electron chi connectivity index (χ4n) is 3.68. The van der Waals surface area contributed by atoms with E-state index in [1.54, 1.807) is 0 Å². The van der Waals surface area contributed by atoms with Crippen LogP contribution < -0.4 is 0 Å². The van der Waals surface area contributed by atoms with Crippen LogP contribution in [0.15, 0.2) is 18.3 Å². The second kappa shape index (κ2) is 5.81. The van der Waals surface area contributed by atoms with Crippen LogP contribution in [-0.2, 0) is 11.8 Å². The van der Waals surface area contributed by atoms with E-state index in [1.165, 1.54) is 0 Å². The van der Waals surface area contributed by atoms with Crippen LogP contribution in [0.4, 0.5) is 0 Å². The van der Waals surface area contributed by atoms with Gasteiger partial charge in [-0.2, -0.15) is 0 Å². The molecular weight excluding hydrogens is 266 g/mol. The van der Waals surface area contributed by atoms with Crippen LogP contribution in [0.25, 0.3) is 0 Å². The lowest BCUT2D eigenvalue weighted by molar-refractivity contribution is 0.00823.